The third-order valence-corrected chi connectivity index (χ3v) is 3.85. The smallest absolute Gasteiger partial charge is 0.295 e. The van der Waals surface area contributed by atoms with Gasteiger partial charge in [-0.1, -0.05) is 0 Å². The van der Waals surface area contributed by atoms with E-state index in [1.165, 1.54) is 25.3 Å². The zero-order valence-electron chi connectivity index (χ0n) is 12.6. The van der Waals surface area contributed by atoms with Crippen molar-refractivity contribution in [3.63, 3.8) is 0 Å². The van der Waals surface area contributed by atoms with Gasteiger partial charge in [-0.15, -0.1) is 0 Å². The van der Waals surface area contributed by atoms with E-state index >= 15 is 0 Å². The molecule has 0 saturated carbocycles. The highest BCUT2D eigenvalue weighted by molar-refractivity contribution is 6.46. The number of furan rings is 1. The molecule has 2 aromatic rings. The number of ether oxygens (including phenoxy) is 1. The van der Waals surface area contributed by atoms with E-state index in [2.05, 4.69) is 0 Å². The van der Waals surface area contributed by atoms with Crippen molar-refractivity contribution in [3.05, 3.63) is 59.6 Å². The second-order valence-corrected chi connectivity index (χ2v) is 5.15. The minimum Gasteiger partial charge on any atom is -0.507 e. The molecule has 23 heavy (non-hydrogen) atoms. The fraction of sp³-hybridized carbons (Fsp3) is 0.176. The highest BCUT2D eigenvalue weighted by atomic mass is 16.5. The van der Waals surface area contributed by atoms with Gasteiger partial charge in [0.15, 0.2) is 0 Å². The lowest BCUT2D eigenvalue weighted by atomic mass is 9.99. The van der Waals surface area contributed by atoms with E-state index in [0.29, 0.717) is 17.1 Å². The molecule has 1 aromatic heterocycles. The largest absolute Gasteiger partial charge is 0.507 e. The van der Waals surface area contributed by atoms with Gasteiger partial charge in [-0.25, -0.2) is 0 Å². The normalized spacial score (nSPS) is 20.1. The molecular weight excluding hydrogens is 298 g/mol. The van der Waals surface area contributed by atoms with Crippen molar-refractivity contribution in [2.75, 3.05) is 14.2 Å². The molecular formula is C17H15NO5. The number of benzene rings is 1. The molecule has 2 heterocycles. The number of carbonyl (C=O) groups excluding carboxylic acids is 2. The predicted octanol–water partition coefficient (Wildman–Crippen LogP) is 2.34. The summed E-state index contributed by atoms with van der Waals surface area (Å²) in [5, 5.41) is 10.6. The number of hydrogen-bond acceptors (Lipinski definition) is 5. The Labute approximate surface area is 132 Å². The van der Waals surface area contributed by atoms with Crippen LogP contribution < -0.4 is 4.74 Å². The summed E-state index contributed by atoms with van der Waals surface area (Å²) in [5.74, 6) is -0.609. The second-order valence-electron chi connectivity index (χ2n) is 5.15. The van der Waals surface area contributed by atoms with E-state index in [1.807, 2.05) is 0 Å². The molecule has 3 rings (SSSR count). The van der Waals surface area contributed by atoms with Gasteiger partial charge in [-0.05, 0) is 36.4 Å². The predicted molar refractivity (Wildman–Crippen MR) is 81.8 cm³/mol. The highest BCUT2D eigenvalue weighted by Crippen LogP contribution is 2.38. The lowest BCUT2D eigenvalue weighted by Crippen LogP contribution is -2.24. The number of aliphatic hydroxyl groups is 1. The Kier molecular flexibility index (Phi) is 3.65. The van der Waals surface area contributed by atoms with Gasteiger partial charge in [0, 0.05) is 12.6 Å². The van der Waals surface area contributed by atoms with Crippen LogP contribution in [0.25, 0.3) is 5.76 Å². The van der Waals surface area contributed by atoms with Gasteiger partial charge in [0.2, 0.25) is 0 Å². The van der Waals surface area contributed by atoms with Crippen molar-refractivity contribution in [2.24, 2.45) is 0 Å². The van der Waals surface area contributed by atoms with Crippen molar-refractivity contribution in [1.29, 1.82) is 0 Å². The maximum absolute atomic E-state index is 12.3. The molecule has 1 aliphatic rings. The van der Waals surface area contributed by atoms with E-state index in [-0.39, 0.29) is 11.3 Å². The summed E-state index contributed by atoms with van der Waals surface area (Å²) in [7, 11) is 3.04. The van der Waals surface area contributed by atoms with Crippen LogP contribution in [-0.2, 0) is 9.59 Å². The maximum atomic E-state index is 12.3. The van der Waals surface area contributed by atoms with Crippen LogP contribution in [0.1, 0.15) is 17.4 Å². The summed E-state index contributed by atoms with van der Waals surface area (Å²) in [6.07, 6.45) is 1.46. The third kappa shape index (κ3) is 2.38. The zero-order chi connectivity index (χ0) is 16.6. The SMILES string of the molecule is COc1ccc(C(O)=C2C(=O)C(=O)N(C)[C@@H]2c2ccco2)cc1. The maximum Gasteiger partial charge on any atom is 0.295 e. The van der Waals surface area contributed by atoms with Crippen LogP contribution in [0.5, 0.6) is 5.75 Å². The summed E-state index contributed by atoms with van der Waals surface area (Å²) >= 11 is 0. The van der Waals surface area contributed by atoms with Gasteiger partial charge in [0.05, 0.1) is 18.9 Å². The summed E-state index contributed by atoms with van der Waals surface area (Å²) in [4.78, 5) is 25.6. The molecule has 1 N–H and O–H groups in total. The first-order chi connectivity index (χ1) is 11.0. The quantitative estimate of drug-likeness (QED) is 0.534. The van der Waals surface area contributed by atoms with Crippen LogP contribution >= 0.6 is 0 Å². The Morgan fingerprint density at radius 2 is 1.91 bits per heavy atom. The van der Waals surface area contributed by atoms with Crippen molar-refractivity contribution in [1.82, 2.24) is 4.90 Å². The minimum absolute atomic E-state index is 0.0117. The number of aliphatic hydroxyl groups excluding tert-OH is 1. The molecule has 1 atom stereocenters. The van der Waals surface area contributed by atoms with Crippen molar-refractivity contribution >= 4 is 17.4 Å². The van der Waals surface area contributed by atoms with Gasteiger partial charge in [-0.3, -0.25) is 9.59 Å². The number of methoxy groups -OCH3 is 1. The summed E-state index contributed by atoms with van der Waals surface area (Å²) < 4.78 is 10.4. The Balaban J connectivity index is 2.12. The van der Waals surface area contributed by atoms with E-state index in [9.17, 15) is 14.7 Å². The van der Waals surface area contributed by atoms with Crippen LogP contribution in [0.4, 0.5) is 0 Å². The van der Waals surface area contributed by atoms with E-state index in [0.717, 1.165) is 0 Å². The van der Waals surface area contributed by atoms with Gasteiger partial charge in [0.25, 0.3) is 11.7 Å². The van der Waals surface area contributed by atoms with Crippen LogP contribution in [0.15, 0.2) is 52.7 Å². The first kappa shape index (κ1) is 14.9. The number of nitrogens with zero attached hydrogens (tertiary/aromatic N) is 1. The third-order valence-electron chi connectivity index (χ3n) is 3.85. The Bertz CT molecular complexity index is 774. The molecule has 1 amide bonds. The molecule has 1 aliphatic heterocycles. The first-order valence-electron chi connectivity index (χ1n) is 6.97. The van der Waals surface area contributed by atoms with Gasteiger partial charge >= 0.3 is 0 Å². The summed E-state index contributed by atoms with van der Waals surface area (Å²) in [6, 6.07) is 9.16. The van der Waals surface area contributed by atoms with Crippen LogP contribution in [0.3, 0.4) is 0 Å². The number of ketones is 1. The van der Waals surface area contributed by atoms with E-state index in [1.54, 1.807) is 36.4 Å². The summed E-state index contributed by atoms with van der Waals surface area (Å²) in [5.41, 5.74) is 0.437. The van der Waals surface area contributed by atoms with Crippen LogP contribution in [0, 0.1) is 0 Å². The lowest BCUT2D eigenvalue weighted by molar-refractivity contribution is -0.139. The molecule has 1 fully saturated rings. The summed E-state index contributed by atoms with van der Waals surface area (Å²) in [6.45, 7) is 0. The molecule has 6 nitrogen and oxygen atoms in total. The van der Waals surface area contributed by atoms with Crippen molar-refractivity contribution in [2.45, 2.75) is 6.04 Å². The van der Waals surface area contributed by atoms with Crippen LogP contribution in [0.2, 0.25) is 0 Å². The van der Waals surface area contributed by atoms with Gasteiger partial charge in [0.1, 0.15) is 23.3 Å². The molecule has 0 aliphatic carbocycles. The van der Waals surface area contributed by atoms with Crippen LogP contribution in [-0.4, -0.2) is 35.9 Å². The molecule has 0 spiro atoms. The zero-order valence-corrected chi connectivity index (χ0v) is 12.6. The fourth-order valence-corrected chi connectivity index (χ4v) is 2.63. The number of likely N-dealkylation sites (tertiary alicyclic amines) is 1. The Morgan fingerprint density at radius 1 is 1.22 bits per heavy atom. The lowest BCUT2D eigenvalue weighted by Gasteiger charge is -2.18. The number of likely N-dealkylation sites (N-methyl/N-ethyl adjacent to an activating group) is 1. The minimum atomic E-state index is -0.743. The van der Waals surface area contributed by atoms with Gasteiger partial charge in [-0.2, -0.15) is 0 Å². The van der Waals surface area contributed by atoms with Crippen molar-refractivity contribution < 1.29 is 23.8 Å². The second kappa shape index (κ2) is 5.64. The molecule has 6 heteroatoms. The first-order valence-corrected chi connectivity index (χ1v) is 6.97. The molecule has 0 unspecified atom stereocenters. The molecule has 0 radical (unpaired) electrons. The molecule has 1 saturated heterocycles. The number of hydrogen-bond donors (Lipinski definition) is 1. The fourth-order valence-electron chi connectivity index (χ4n) is 2.63. The molecule has 1 aromatic carbocycles. The Hall–Kier alpha value is -3.02. The number of amides is 1. The van der Waals surface area contributed by atoms with E-state index in [4.69, 9.17) is 9.15 Å². The monoisotopic (exact) mass is 313 g/mol. The average molecular weight is 313 g/mol. The molecule has 0 bridgehead atoms. The Morgan fingerprint density at radius 3 is 2.48 bits per heavy atom. The highest BCUT2D eigenvalue weighted by Gasteiger charge is 2.45. The number of carbonyl (C=O) groups is 2. The number of Topliss-reactive ketones (excluding diaryl/α,β-unsaturated/α-hetero) is 1. The molecule has 118 valence electrons. The average Bonchev–Trinajstić information content (AvgIpc) is 3.17. The van der Waals surface area contributed by atoms with Crippen molar-refractivity contribution in [3.8, 4) is 5.75 Å². The van der Waals surface area contributed by atoms with E-state index < -0.39 is 17.7 Å². The topological polar surface area (TPSA) is 80.0 Å². The van der Waals surface area contributed by atoms with Gasteiger partial charge < -0.3 is 19.2 Å². The number of rotatable bonds is 3. The standard InChI is InChI=1S/C17H15NO5/c1-18-14(12-4-3-9-23-12)13(16(20)17(18)21)15(19)10-5-7-11(22-2)8-6-10/h3-9,14,19H,1-2H3/t14-/m1/s1.